The van der Waals surface area contributed by atoms with Gasteiger partial charge in [-0.25, -0.2) is 9.78 Å². The van der Waals surface area contributed by atoms with Gasteiger partial charge in [0.2, 0.25) is 0 Å². The quantitative estimate of drug-likeness (QED) is 0.797. The van der Waals surface area contributed by atoms with E-state index >= 15 is 0 Å². The van der Waals surface area contributed by atoms with E-state index < -0.39 is 0 Å². The molecule has 1 heterocycles. The summed E-state index contributed by atoms with van der Waals surface area (Å²) >= 11 is 3.39. The molecule has 0 unspecified atom stereocenters. The van der Waals surface area contributed by atoms with Crippen molar-refractivity contribution in [2.75, 3.05) is 0 Å². The van der Waals surface area contributed by atoms with E-state index in [1.165, 1.54) is 6.20 Å². The van der Waals surface area contributed by atoms with E-state index in [2.05, 4.69) is 20.9 Å². The van der Waals surface area contributed by atoms with Crippen LogP contribution in [0, 0.1) is 0 Å². The largest absolute Gasteiger partial charge is 0.458 e. The van der Waals surface area contributed by atoms with Gasteiger partial charge in [0.1, 0.15) is 5.69 Å². The van der Waals surface area contributed by atoms with E-state index in [-0.39, 0.29) is 18.1 Å². The Hall–Kier alpha value is -1.62. The van der Waals surface area contributed by atoms with Gasteiger partial charge in [-0.15, -0.1) is 0 Å². The lowest BCUT2D eigenvalue weighted by molar-refractivity contribution is 0.0363. The van der Waals surface area contributed by atoms with Crippen LogP contribution < -0.4 is 0 Å². The minimum absolute atomic E-state index is 0.0113. The second kappa shape index (κ2) is 6.22. The van der Waals surface area contributed by atoms with Crippen molar-refractivity contribution in [3.63, 3.8) is 0 Å². The minimum Gasteiger partial charge on any atom is -0.458 e. The number of rotatable bonds is 4. The second-order valence-electron chi connectivity index (χ2n) is 4.82. The smallest absolute Gasteiger partial charge is 0.356 e. The third-order valence-corrected chi connectivity index (χ3v) is 3.56. The molecule has 0 amide bonds. The van der Waals surface area contributed by atoms with Crippen LogP contribution in [0.15, 0.2) is 41.3 Å². The number of carbonyl (C=O) groups is 1. The average Bonchev–Trinajstić information content (AvgIpc) is 2.80. The van der Waals surface area contributed by atoms with Crippen molar-refractivity contribution in [1.29, 1.82) is 0 Å². The van der Waals surface area contributed by atoms with Gasteiger partial charge in [-0.1, -0.05) is 30.3 Å². The highest BCUT2D eigenvalue weighted by Crippen LogP contribution is 2.25. The highest BCUT2D eigenvalue weighted by atomic mass is 79.9. The van der Waals surface area contributed by atoms with Crippen LogP contribution in [-0.2, 0) is 4.74 Å². The van der Waals surface area contributed by atoms with Gasteiger partial charge < -0.3 is 9.30 Å². The summed E-state index contributed by atoms with van der Waals surface area (Å²) in [6, 6.07) is 9.95. The summed E-state index contributed by atoms with van der Waals surface area (Å²) in [5.41, 5.74) is 1.55. The van der Waals surface area contributed by atoms with Crippen LogP contribution in [0.5, 0.6) is 0 Å². The van der Waals surface area contributed by atoms with E-state index in [0.717, 1.165) is 5.56 Å². The number of hydrogen-bond donors (Lipinski definition) is 0. The number of ether oxygens (including phenoxy) is 1. The molecule has 0 aliphatic heterocycles. The van der Waals surface area contributed by atoms with Gasteiger partial charge in [0, 0.05) is 0 Å². The first-order valence-electron chi connectivity index (χ1n) is 6.49. The van der Waals surface area contributed by atoms with Crippen molar-refractivity contribution in [2.24, 2.45) is 0 Å². The highest BCUT2D eigenvalue weighted by Gasteiger charge is 2.22. The molecule has 0 aliphatic rings. The summed E-state index contributed by atoms with van der Waals surface area (Å²) in [6.45, 7) is 5.68. The van der Waals surface area contributed by atoms with Gasteiger partial charge in [-0.05, 0) is 42.3 Å². The van der Waals surface area contributed by atoms with Crippen LogP contribution in [0.4, 0.5) is 0 Å². The van der Waals surface area contributed by atoms with Crippen molar-refractivity contribution in [3.8, 4) is 0 Å². The molecule has 0 bridgehead atoms. The van der Waals surface area contributed by atoms with Crippen LogP contribution in [0.3, 0.4) is 0 Å². The lowest BCUT2D eigenvalue weighted by Crippen LogP contribution is -2.18. The van der Waals surface area contributed by atoms with E-state index in [4.69, 9.17) is 4.74 Å². The SMILES string of the molecule is CC(C)OC(=O)c1cnc(Br)n1[C@H](C)c1ccccc1. The van der Waals surface area contributed by atoms with Crippen LogP contribution in [-0.4, -0.2) is 21.6 Å². The highest BCUT2D eigenvalue weighted by molar-refractivity contribution is 9.10. The predicted octanol–water partition coefficient (Wildman–Crippen LogP) is 3.82. The first-order chi connectivity index (χ1) is 9.50. The van der Waals surface area contributed by atoms with Crippen molar-refractivity contribution in [1.82, 2.24) is 9.55 Å². The zero-order chi connectivity index (χ0) is 14.7. The van der Waals surface area contributed by atoms with Crippen molar-refractivity contribution >= 4 is 21.9 Å². The summed E-state index contributed by atoms with van der Waals surface area (Å²) in [6.07, 6.45) is 1.38. The molecular weight excluding hydrogens is 320 g/mol. The number of halogens is 1. The molecule has 4 nitrogen and oxygen atoms in total. The van der Waals surface area contributed by atoms with Crippen molar-refractivity contribution < 1.29 is 9.53 Å². The molecule has 20 heavy (non-hydrogen) atoms. The number of benzene rings is 1. The number of hydrogen-bond acceptors (Lipinski definition) is 3. The molecule has 2 aromatic rings. The zero-order valence-corrected chi connectivity index (χ0v) is 13.3. The maximum absolute atomic E-state index is 12.1. The fourth-order valence-corrected chi connectivity index (χ4v) is 2.61. The first kappa shape index (κ1) is 14.8. The topological polar surface area (TPSA) is 44.1 Å². The number of esters is 1. The van der Waals surface area contributed by atoms with Gasteiger partial charge >= 0.3 is 5.97 Å². The zero-order valence-electron chi connectivity index (χ0n) is 11.7. The normalized spacial score (nSPS) is 12.4. The third kappa shape index (κ3) is 3.10. The number of imidazole rings is 1. The fourth-order valence-electron chi connectivity index (χ4n) is 2.01. The molecule has 0 radical (unpaired) electrons. The minimum atomic E-state index is -0.360. The molecule has 0 spiro atoms. The molecule has 0 saturated carbocycles. The van der Waals surface area contributed by atoms with E-state index in [1.54, 1.807) is 0 Å². The summed E-state index contributed by atoms with van der Waals surface area (Å²) in [5, 5.41) is 0. The van der Waals surface area contributed by atoms with E-state index in [1.807, 2.05) is 55.7 Å². The van der Waals surface area contributed by atoms with Crippen LogP contribution in [0.25, 0.3) is 0 Å². The Kier molecular flexibility index (Phi) is 4.60. The van der Waals surface area contributed by atoms with Crippen molar-refractivity contribution in [3.05, 3.63) is 52.5 Å². The monoisotopic (exact) mass is 336 g/mol. The lowest BCUT2D eigenvalue weighted by Gasteiger charge is -2.18. The summed E-state index contributed by atoms with van der Waals surface area (Å²) < 4.78 is 7.70. The van der Waals surface area contributed by atoms with Gasteiger partial charge in [0.15, 0.2) is 4.73 Å². The molecule has 0 aliphatic carbocycles. The van der Waals surface area contributed by atoms with E-state index in [9.17, 15) is 4.79 Å². The van der Waals surface area contributed by atoms with Crippen LogP contribution in [0.2, 0.25) is 0 Å². The molecule has 0 fully saturated rings. The molecule has 1 aromatic heterocycles. The molecule has 2 rings (SSSR count). The maximum Gasteiger partial charge on any atom is 0.356 e. The van der Waals surface area contributed by atoms with Gasteiger partial charge in [0.25, 0.3) is 0 Å². The summed E-state index contributed by atoms with van der Waals surface area (Å²) in [5.74, 6) is -0.360. The molecule has 1 aromatic carbocycles. The number of carbonyl (C=O) groups excluding carboxylic acids is 1. The first-order valence-corrected chi connectivity index (χ1v) is 7.28. The average molecular weight is 337 g/mol. The third-order valence-electron chi connectivity index (χ3n) is 2.97. The Morgan fingerprint density at radius 1 is 1.25 bits per heavy atom. The van der Waals surface area contributed by atoms with Crippen LogP contribution in [0.1, 0.15) is 42.9 Å². The van der Waals surface area contributed by atoms with Gasteiger partial charge in [0.05, 0.1) is 18.3 Å². The molecule has 0 N–H and O–H groups in total. The summed E-state index contributed by atoms with van der Waals surface area (Å²) in [7, 11) is 0. The van der Waals surface area contributed by atoms with E-state index in [0.29, 0.717) is 10.4 Å². The number of nitrogens with zero attached hydrogens (tertiary/aromatic N) is 2. The standard InChI is InChI=1S/C15H17BrN2O2/c1-10(2)20-14(19)13-9-17-15(16)18(13)11(3)12-7-5-4-6-8-12/h4-11H,1-3H3/t11-/m1/s1. The maximum atomic E-state index is 12.1. The van der Waals surface area contributed by atoms with Gasteiger partial charge in [-0.3, -0.25) is 0 Å². The van der Waals surface area contributed by atoms with Gasteiger partial charge in [-0.2, -0.15) is 0 Å². The number of aromatic nitrogens is 2. The Labute approximate surface area is 126 Å². The Bertz CT molecular complexity index is 593. The fraction of sp³-hybridized carbons (Fsp3) is 0.333. The Balaban J connectivity index is 2.37. The predicted molar refractivity (Wildman–Crippen MR) is 80.7 cm³/mol. The Morgan fingerprint density at radius 3 is 2.50 bits per heavy atom. The summed E-state index contributed by atoms with van der Waals surface area (Å²) in [4.78, 5) is 16.3. The van der Waals surface area contributed by atoms with Crippen LogP contribution >= 0.6 is 15.9 Å². The lowest BCUT2D eigenvalue weighted by atomic mass is 10.1. The molecular formula is C15H17BrN2O2. The Morgan fingerprint density at radius 2 is 1.90 bits per heavy atom. The van der Waals surface area contributed by atoms with Crippen molar-refractivity contribution in [2.45, 2.75) is 32.9 Å². The molecule has 106 valence electrons. The second-order valence-corrected chi connectivity index (χ2v) is 5.53. The molecule has 0 saturated heterocycles. The molecule has 5 heteroatoms. The molecule has 1 atom stereocenters.